The minimum atomic E-state index is 0.408. The van der Waals surface area contributed by atoms with Gasteiger partial charge in [-0.1, -0.05) is 121 Å². The number of aromatic nitrogens is 8. The second kappa shape index (κ2) is 10.7. The summed E-state index contributed by atoms with van der Waals surface area (Å²) in [7, 11) is 0. The van der Waals surface area contributed by atoms with Crippen LogP contribution in [-0.2, 0) is 0 Å². The zero-order chi connectivity index (χ0) is 27.4. The van der Waals surface area contributed by atoms with Crippen molar-refractivity contribution in [1.82, 2.24) is 39.5 Å². The number of rotatable bonds is 6. The molecule has 0 N–H and O–H groups in total. The highest BCUT2D eigenvalue weighted by Gasteiger charge is 2.19. The maximum absolute atomic E-state index is 4.85. The zero-order valence-electron chi connectivity index (χ0n) is 21.8. The van der Waals surface area contributed by atoms with Crippen LogP contribution in [0.4, 0.5) is 0 Å². The Morgan fingerprint density at radius 3 is 1.10 bits per heavy atom. The Hall–Kier alpha value is -5.89. The van der Waals surface area contributed by atoms with E-state index in [2.05, 4.69) is 4.98 Å². The topological polar surface area (TPSA) is 95.2 Å². The van der Waals surface area contributed by atoms with Gasteiger partial charge in [-0.2, -0.15) is 9.97 Å². The van der Waals surface area contributed by atoms with Gasteiger partial charge in [0.1, 0.15) is 0 Å². The molecular formula is C33H22N8. The van der Waals surface area contributed by atoms with Crippen molar-refractivity contribution in [3.8, 4) is 63.1 Å². The molecule has 0 radical (unpaired) electrons. The Labute approximate surface area is 236 Å². The molecule has 4 aromatic carbocycles. The first-order valence-corrected chi connectivity index (χ1v) is 13.1. The smallest absolute Gasteiger partial charge is 0.239 e. The van der Waals surface area contributed by atoms with Gasteiger partial charge in [-0.3, -0.25) is 4.57 Å². The van der Waals surface area contributed by atoms with Crippen LogP contribution < -0.4 is 0 Å². The predicted octanol–water partition coefficient (Wildman–Crippen LogP) is 6.58. The lowest BCUT2D eigenvalue weighted by Crippen LogP contribution is -2.09. The molecule has 0 bridgehead atoms. The monoisotopic (exact) mass is 530 g/mol. The summed E-state index contributed by atoms with van der Waals surface area (Å²) in [6.45, 7) is 0. The van der Waals surface area contributed by atoms with Crippen molar-refractivity contribution >= 4 is 0 Å². The molecule has 0 aliphatic carbocycles. The largest absolute Gasteiger partial charge is 0.265 e. The maximum atomic E-state index is 4.85. The Morgan fingerprint density at radius 1 is 0.366 bits per heavy atom. The van der Waals surface area contributed by atoms with Gasteiger partial charge < -0.3 is 0 Å². The molecule has 0 saturated heterocycles. The number of benzene rings is 4. The predicted molar refractivity (Wildman–Crippen MR) is 158 cm³/mol. The van der Waals surface area contributed by atoms with Crippen LogP contribution in [0.15, 0.2) is 134 Å². The Morgan fingerprint density at radius 2 is 0.707 bits per heavy atom. The van der Waals surface area contributed by atoms with E-state index < -0.39 is 0 Å². The van der Waals surface area contributed by atoms with Crippen LogP contribution in [0, 0.1) is 0 Å². The van der Waals surface area contributed by atoms with E-state index >= 15 is 0 Å². The Bertz CT molecular complexity index is 1670. The molecule has 8 heteroatoms. The molecular weight excluding hydrogens is 508 g/mol. The molecule has 0 aliphatic rings. The van der Waals surface area contributed by atoms with E-state index in [9.17, 15) is 0 Å². The van der Waals surface area contributed by atoms with Gasteiger partial charge in [0.05, 0.1) is 0 Å². The second-order valence-corrected chi connectivity index (χ2v) is 9.17. The summed E-state index contributed by atoms with van der Waals surface area (Å²) in [4.78, 5) is 33.6. The molecule has 3 heterocycles. The van der Waals surface area contributed by atoms with Crippen molar-refractivity contribution in [2.24, 2.45) is 0 Å². The summed E-state index contributed by atoms with van der Waals surface area (Å²) in [5.41, 5.74) is 3.52. The van der Waals surface area contributed by atoms with Gasteiger partial charge in [0.2, 0.25) is 11.8 Å². The van der Waals surface area contributed by atoms with Gasteiger partial charge in [0.15, 0.2) is 29.1 Å². The molecule has 0 spiro atoms. The number of hydrogen-bond acceptors (Lipinski definition) is 7. The average molecular weight is 531 g/mol. The first-order valence-electron chi connectivity index (χ1n) is 13.1. The summed E-state index contributed by atoms with van der Waals surface area (Å²) in [5.74, 6) is 3.52. The van der Waals surface area contributed by atoms with Gasteiger partial charge >= 0.3 is 0 Å². The van der Waals surface area contributed by atoms with E-state index in [1.54, 1.807) is 10.8 Å². The molecule has 0 unspecified atom stereocenters. The molecule has 41 heavy (non-hydrogen) atoms. The first kappa shape index (κ1) is 24.2. The van der Waals surface area contributed by atoms with Crippen molar-refractivity contribution in [2.75, 3.05) is 0 Å². The molecule has 0 aliphatic heterocycles. The van der Waals surface area contributed by atoms with Crippen LogP contribution in [0.1, 0.15) is 0 Å². The van der Waals surface area contributed by atoms with Crippen molar-refractivity contribution in [1.29, 1.82) is 0 Å². The number of nitrogens with zero attached hydrogens (tertiary/aromatic N) is 8. The SMILES string of the molecule is c1ccc(-c2nc(-c3ccccc3)nc(-c3nccn3-c3nc(-c4ccccc4)nc(-c4ccccc4)n3)n2)cc1. The van der Waals surface area contributed by atoms with Crippen LogP contribution in [0.5, 0.6) is 0 Å². The highest BCUT2D eigenvalue weighted by molar-refractivity contribution is 5.66. The standard InChI is InChI=1S/C33H22N8/c1-5-13-23(14-6-1)27-35-28(24-15-7-2-8-16-24)38-31(37-27)32-34-21-22-41(32)33-39-29(25-17-9-3-10-18-25)36-30(40-33)26-19-11-4-12-20-26/h1-22H. The average Bonchev–Trinajstić information content (AvgIpc) is 3.56. The van der Waals surface area contributed by atoms with Crippen LogP contribution in [0.2, 0.25) is 0 Å². The maximum Gasteiger partial charge on any atom is 0.239 e. The quantitative estimate of drug-likeness (QED) is 0.240. The summed E-state index contributed by atoms with van der Waals surface area (Å²) in [5, 5.41) is 0. The van der Waals surface area contributed by atoms with Crippen molar-refractivity contribution in [3.05, 3.63) is 134 Å². The van der Waals surface area contributed by atoms with E-state index in [1.165, 1.54) is 0 Å². The van der Waals surface area contributed by atoms with Gasteiger partial charge in [0.25, 0.3) is 0 Å². The Balaban J connectivity index is 1.42. The van der Waals surface area contributed by atoms with E-state index in [1.807, 2.05) is 128 Å². The van der Waals surface area contributed by atoms with Crippen molar-refractivity contribution in [3.63, 3.8) is 0 Å². The third kappa shape index (κ3) is 4.97. The van der Waals surface area contributed by atoms with E-state index in [0.717, 1.165) is 22.3 Å². The van der Waals surface area contributed by atoms with E-state index in [4.69, 9.17) is 29.9 Å². The Kier molecular flexibility index (Phi) is 6.31. The zero-order valence-corrected chi connectivity index (χ0v) is 21.8. The highest BCUT2D eigenvalue weighted by atomic mass is 15.2. The third-order valence-corrected chi connectivity index (χ3v) is 6.44. The normalized spacial score (nSPS) is 10.9. The van der Waals surface area contributed by atoms with E-state index in [-0.39, 0.29) is 0 Å². The van der Waals surface area contributed by atoms with E-state index in [0.29, 0.717) is 40.9 Å². The fourth-order valence-electron chi connectivity index (χ4n) is 4.44. The van der Waals surface area contributed by atoms with Crippen LogP contribution >= 0.6 is 0 Å². The molecule has 7 rings (SSSR count). The van der Waals surface area contributed by atoms with Crippen molar-refractivity contribution < 1.29 is 0 Å². The van der Waals surface area contributed by atoms with Gasteiger partial charge in [-0.15, -0.1) is 0 Å². The van der Waals surface area contributed by atoms with Crippen molar-refractivity contribution in [2.45, 2.75) is 0 Å². The lowest BCUT2D eigenvalue weighted by atomic mass is 10.2. The summed E-state index contributed by atoms with van der Waals surface area (Å²) >= 11 is 0. The van der Waals surface area contributed by atoms with Gasteiger partial charge in [-0.05, 0) is 0 Å². The second-order valence-electron chi connectivity index (χ2n) is 9.17. The lowest BCUT2D eigenvalue weighted by molar-refractivity contribution is 0.897. The van der Waals surface area contributed by atoms with Crippen LogP contribution in [-0.4, -0.2) is 39.5 Å². The fourth-order valence-corrected chi connectivity index (χ4v) is 4.44. The molecule has 0 fully saturated rings. The summed E-state index contributed by atoms with van der Waals surface area (Å²) in [6, 6.07) is 39.4. The molecule has 8 nitrogen and oxygen atoms in total. The molecule has 0 saturated carbocycles. The van der Waals surface area contributed by atoms with Gasteiger partial charge in [0, 0.05) is 34.6 Å². The third-order valence-electron chi connectivity index (χ3n) is 6.44. The minimum Gasteiger partial charge on any atom is -0.265 e. The number of hydrogen-bond donors (Lipinski definition) is 0. The first-order chi connectivity index (χ1) is 20.3. The minimum absolute atomic E-state index is 0.408. The summed E-state index contributed by atoms with van der Waals surface area (Å²) in [6.07, 6.45) is 3.50. The van der Waals surface area contributed by atoms with Gasteiger partial charge in [-0.25, -0.2) is 24.9 Å². The molecule has 0 amide bonds. The lowest BCUT2D eigenvalue weighted by Gasteiger charge is -2.11. The fraction of sp³-hybridized carbons (Fsp3) is 0. The molecule has 194 valence electrons. The highest BCUT2D eigenvalue weighted by Crippen LogP contribution is 2.26. The molecule has 7 aromatic rings. The van der Waals surface area contributed by atoms with Crippen LogP contribution in [0.25, 0.3) is 63.1 Å². The number of imidazole rings is 1. The molecule has 3 aromatic heterocycles. The molecule has 0 atom stereocenters. The van der Waals surface area contributed by atoms with Crippen LogP contribution in [0.3, 0.4) is 0 Å². The summed E-state index contributed by atoms with van der Waals surface area (Å²) < 4.78 is 1.79.